The van der Waals surface area contributed by atoms with E-state index < -0.39 is 0 Å². The molecule has 0 aliphatic heterocycles. The summed E-state index contributed by atoms with van der Waals surface area (Å²) < 4.78 is 11.4. The Morgan fingerprint density at radius 1 is 1.08 bits per heavy atom. The number of hydrogen-bond acceptors (Lipinski definition) is 4. The molecule has 0 aliphatic rings. The predicted molar refractivity (Wildman–Crippen MR) is 104 cm³/mol. The lowest BCUT2D eigenvalue weighted by Crippen LogP contribution is -2.24. The zero-order valence-electron chi connectivity index (χ0n) is 16.0. The van der Waals surface area contributed by atoms with Crippen molar-refractivity contribution in [1.29, 1.82) is 0 Å². The fourth-order valence-electron chi connectivity index (χ4n) is 2.51. The van der Waals surface area contributed by atoms with Gasteiger partial charge in [0.1, 0.15) is 18.1 Å². The second kappa shape index (κ2) is 9.82. The van der Waals surface area contributed by atoms with E-state index in [1.165, 1.54) is 0 Å². The number of rotatable bonds is 9. The number of para-hydroxylation sites is 1. The number of benzene rings is 2. The Morgan fingerprint density at radius 3 is 2.54 bits per heavy atom. The quantitative estimate of drug-likeness (QED) is 0.749. The number of nitrogens with one attached hydrogen (secondary N) is 1. The molecule has 0 saturated carbocycles. The van der Waals surface area contributed by atoms with Gasteiger partial charge in [0.05, 0.1) is 6.61 Å². The first-order valence-corrected chi connectivity index (χ1v) is 8.88. The maximum atomic E-state index is 12.5. The minimum Gasteiger partial charge on any atom is -0.494 e. The number of ether oxygens (including phenoxy) is 2. The largest absolute Gasteiger partial charge is 0.494 e. The molecule has 0 aliphatic carbocycles. The number of aryl methyl sites for hydroxylation is 1. The summed E-state index contributed by atoms with van der Waals surface area (Å²) >= 11 is 0. The van der Waals surface area contributed by atoms with E-state index in [4.69, 9.17) is 9.47 Å². The van der Waals surface area contributed by atoms with Crippen LogP contribution in [-0.2, 0) is 6.54 Å². The van der Waals surface area contributed by atoms with Crippen LogP contribution in [0.25, 0.3) is 0 Å². The first-order chi connectivity index (χ1) is 12.5. The highest BCUT2D eigenvalue weighted by Gasteiger charge is 2.10. The van der Waals surface area contributed by atoms with Crippen LogP contribution in [0, 0.1) is 6.92 Å². The topological polar surface area (TPSA) is 50.8 Å². The summed E-state index contributed by atoms with van der Waals surface area (Å²) in [6, 6.07) is 13.2. The minimum atomic E-state index is -0.112. The standard InChI is InChI=1S/C21H28N2O3/c1-5-25-19-11-10-17(14-16(19)2)21(24)22-15-18-8-6-7-9-20(18)26-13-12-23(3)4/h6-11,14H,5,12-13,15H2,1-4H3,(H,22,24). The summed E-state index contributed by atoms with van der Waals surface area (Å²) in [5, 5.41) is 2.96. The summed E-state index contributed by atoms with van der Waals surface area (Å²) in [6.07, 6.45) is 0. The lowest BCUT2D eigenvalue weighted by molar-refractivity contribution is 0.0950. The maximum absolute atomic E-state index is 12.5. The molecule has 0 fully saturated rings. The zero-order valence-corrected chi connectivity index (χ0v) is 16.0. The van der Waals surface area contributed by atoms with Crippen LogP contribution >= 0.6 is 0 Å². The molecular formula is C21H28N2O3. The molecule has 26 heavy (non-hydrogen) atoms. The van der Waals surface area contributed by atoms with Crippen molar-refractivity contribution in [3.63, 3.8) is 0 Å². The molecule has 0 atom stereocenters. The third kappa shape index (κ3) is 5.77. The molecule has 0 aromatic heterocycles. The Bertz CT molecular complexity index is 729. The fourth-order valence-corrected chi connectivity index (χ4v) is 2.51. The first kappa shape index (κ1) is 19.8. The molecule has 140 valence electrons. The molecule has 5 heteroatoms. The maximum Gasteiger partial charge on any atom is 0.251 e. The highest BCUT2D eigenvalue weighted by molar-refractivity contribution is 5.94. The summed E-state index contributed by atoms with van der Waals surface area (Å²) in [7, 11) is 4.02. The molecule has 0 spiro atoms. The summed E-state index contributed by atoms with van der Waals surface area (Å²) in [4.78, 5) is 14.5. The second-order valence-corrected chi connectivity index (χ2v) is 6.36. The van der Waals surface area contributed by atoms with Gasteiger partial charge in [-0.15, -0.1) is 0 Å². The molecule has 5 nitrogen and oxygen atoms in total. The van der Waals surface area contributed by atoms with Crippen LogP contribution < -0.4 is 14.8 Å². The molecule has 0 unspecified atom stereocenters. The van der Waals surface area contributed by atoms with Gasteiger partial charge in [-0.25, -0.2) is 0 Å². The van der Waals surface area contributed by atoms with Gasteiger partial charge in [0, 0.05) is 24.2 Å². The predicted octanol–water partition coefficient (Wildman–Crippen LogP) is 3.26. The van der Waals surface area contributed by atoms with Gasteiger partial charge in [-0.2, -0.15) is 0 Å². The highest BCUT2D eigenvalue weighted by atomic mass is 16.5. The van der Waals surface area contributed by atoms with Crippen molar-refractivity contribution in [3.05, 3.63) is 59.2 Å². The second-order valence-electron chi connectivity index (χ2n) is 6.36. The first-order valence-electron chi connectivity index (χ1n) is 8.88. The van der Waals surface area contributed by atoms with Gasteiger partial charge >= 0.3 is 0 Å². The lowest BCUT2D eigenvalue weighted by atomic mass is 10.1. The van der Waals surface area contributed by atoms with Crippen molar-refractivity contribution in [2.24, 2.45) is 0 Å². The Kier molecular flexibility index (Phi) is 7.48. The van der Waals surface area contributed by atoms with Crippen LogP contribution in [0.4, 0.5) is 0 Å². The van der Waals surface area contributed by atoms with E-state index in [1.54, 1.807) is 6.07 Å². The molecule has 0 radical (unpaired) electrons. The number of carbonyl (C=O) groups excluding carboxylic acids is 1. The van der Waals surface area contributed by atoms with E-state index in [0.29, 0.717) is 25.3 Å². The molecule has 0 heterocycles. The normalized spacial score (nSPS) is 10.7. The van der Waals surface area contributed by atoms with Crippen molar-refractivity contribution < 1.29 is 14.3 Å². The fraction of sp³-hybridized carbons (Fsp3) is 0.381. The number of amides is 1. The van der Waals surface area contributed by atoms with Crippen molar-refractivity contribution in [2.45, 2.75) is 20.4 Å². The monoisotopic (exact) mass is 356 g/mol. The zero-order chi connectivity index (χ0) is 18.9. The van der Waals surface area contributed by atoms with Crippen LogP contribution in [-0.4, -0.2) is 44.7 Å². The van der Waals surface area contributed by atoms with E-state index in [1.807, 2.05) is 64.3 Å². The third-order valence-corrected chi connectivity index (χ3v) is 3.95. The smallest absolute Gasteiger partial charge is 0.251 e. The van der Waals surface area contributed by atoms with Gasteiger partial charge in [-0.05, 0) is 57.8 Å². The van der Waals surface area contributed by atoms with Crippen molar-refractivity contribution in [2.75, 3.05) is 33.9 Å². The van der Waals surface area contributed by atoms with E-state index in [2.05, 4.69) is 10.2 Å². The van der Waals surface area contributed by atoms with Crippen LogP contribution in [0.1, 0.15) is 28.4 Å². The van der Waals surface area contributed by atoms with E-state index in [0.717, 1.165) is 29.2 Å². The molecular weight excluding hydrogens is 328 g/mol. The molecule has 1 N–H and O–H groups in total. The van der Waals surface area contributed by atoms with Gasteiger partial charge in [-0.3, -0.25) is 4.79 Å². The van der Waals surface area contributed by atoms with Crippen molar-refractivity contribution >= 4 is 5.91 Å². The Labute approximate surface area is 155 Å². The van der Waals surface area contributed by atoms with Crippen molar-refractivity contribution in [3.8, 4) is 11.5 Å². The van der Waals surface area contributed by atoms with Gasteiger partial charge in [0.15, 0.2) is 0 Å². The lowest BCUT2D eigenvalue weighted by Gasteiger charge is -2.14. The van der Waals surface area contributed by atoms with Crippen LogP contribution in [0.3, 0.4) is 0 Å². The number of hydrogen-bond donors (Lipinski definition) is 1. The van der Waals surface area contributed by atoms with Gasteiger partial charge < -0.3 is 19.7 Å². The molecule has 2 rings (SSSR count). The van der Waals surface area contributed by atoms with Crippen LogP contribution in [0.2, 0.25) is 0 Å². The molecule has 0 saturated heterocycles. The number of carbonyl (C=O) groups is 1. The summed E-state index contributed by atoms with van der Waals surface area (Å²) in [5.74, 6) is 1.50. The van der Waals surface area contributed by atoms with Crippen LogP contribution in [0.15, 0.2) is 42.5 Å². The summed E-state index contributed by atoms with van der Waals surface area (Å²) in [6.45, 7) is 6.36. The SMILES string of the molecule is CCOc1ccc(C(=O)NCc2ccccc2OCCN(C)C)cc1C. The Balaban J connectivity index is 1.98. The minimum absolute atomic E-state index is 0.112. The molecule has 2 aromatic carbocycles. The molecule has 0 bridgehead atoms. The average molecular weight is 356 g/mol. The number of nitrogens with zero attached hydrogens (tertiary/aromatic N) is 1. The Hall–Kier alpha value is -2.53. The van der Waals surface area contributed by atoms with E-state index in [9.17, 15) is 4.79 Å². The molecule has 1 amide bonds. The van der Waals surface area contributed by atoms with Gasteiger partial charge in [0.25, 0.3) is 5.91 Å². The van der Waals surface area contributed by atoms with E-state index in [-0.39, 0.29) is 5.91 Å². The third-order valence-electron chi connectivity index (χ3n) is 3.95. The van der Waals surface area contributed by atoms with Gasteiger partial charge in [-0.1, -0.05) is 18.2 Å². The highest BCUT2D eigenvalue weighted by Crippen LogP contribution is 2.20. The Morgan fingerprint density at radius 2 is 1.85 bits per heavy atom. The van der Waals surface area contributed by atoms with E-state index >= 15 is 0 Å². The van der Waals surface area contributed by atoms with Crippen LogP contribution in [0.5, 0.6) is 11.5 Å². The number of likely N-dealkylation sites (N-methyl/N-ethyl adjacent to an activating group) is 1. The average Bonchev–Trinajstić information content (AvgIpc) is 2.62. The molecule has 2 aromatic rings. The van der Waals surface area contributed by atoms with Gasteiger partial charge in [0.2, 0.25) is 0 Å². The summed E-state index contributed by atoms with van der Waals surface area (Å²) in [5.41, 5.74) is 2.53. The van der Waals surface area contributed by atoms with Crippen molar-refractivity contribution in [1.82, 2.24) is 10.2 Å².